The maximum atomic E-state index is 12.5. The fourth-order valence-electron chi connectivity index (χ4n) is 3.52. The van der Waals surface area contributed by atoms with E-state index >= 15 is 0 Å². The first-order valence-electron chi connectivity index (χ1n) is 9.93. The largest absolute Gasteiger partial charge is 0.484 e. The predicted octanol–water partition coefficient (Wildman–Crippen LogP) is 4.94. The Labute approximate surface area is 185 Å². The summed E-state index contributed by atoms with van der Waals surface area (Å²) in [5.41, 5.74) is 2.44. The number of ether oxygens (including phenoxy) is 1. The molecule has 2 aliphatic heterocycles. The van der Waals surface area contributed by atoms with Crippen LogP contribution < -0.4 is 9.64 Å². The second-order valence-corrected chi connectivity index (χ2v) is 10.3. The fraction of sp³-hybridized carbons (Fsp3) is 0.409. The fourth-order valence-corrected chi connectivity index (χ4v) is 6.60. The van der Waals surface area contributed by atoms with Gasteiger partial charge in [0.1, 0.15) is 5.75 Å². The smallest absolute Gasteiger partial charge is 0.260 e. The normalized spacial score (nSPS) is 18.0. The van der Waals surface area contributed by atoms with Crippen LogP contribution in [0.3, 0.4) is 0 Å². The number of carbonyl (C=O) groups is 1. The zero-order valence-corrected chi connectivity index (χ0v) is 18.6. The summed E-state index contributed by atoms with van der Waals surface area (Å²) in [6, 6.07) is 16.1. The summed E-state index contributed by atoms with van der Waals surface area (Å²) in [5, 5.41) is 0.737. The molecule has 2 fully saturated rings. The Kier molecular flexibility index (Phi) is 7.16. The molecule has 2 aromatic carbocycles. The van der Waals surface area contributed by atoms with Crippen LogP contribution in [0.2, 0.25) is 5.02 Å². The average Bonchev–Trinajstić information content (AvgIpc) is 2.78. The summed E-state index contributed by atoms with van der Waals surface area (Å²) in [4.78, 5) is 16.7. The average molecular weight is 449 g/mol. The number of halogens is 1. The highest BCUT2D eigenvalue weighted by Crippen LogP contribution is 2.43. The Hall–Kier alpha value is -1.50. The third-order valence-corrected chi connectivity index (χ3v) is 8.40. The minimum absolute atomic E-state index is 0.0400. The quantitative estimate of drug-likeness (QED) is 0.647. The third kappa shape index (κ3) is 5.56. The number of benzene rings is 2. The number of nitrogens with zero attached hydrogens (tertiary/aromatic N) is 2. The standard InChI is InChI=1S/C22H25ClN2O2S2/c23-18-3-1-4-19(15-18)24-9-11-25(12-10-24)21(26)16-27-20-7-5-17(6-8-20)22-28-13-2-14-29-22/h1,3-8,15,22H,2,9-14,16H2. The molecule has 0 spiro atoms. The number of hydrogen-bond donors (Lipinski definition) is 0. The lowest BCUT2D eigenvalue weighted by Gasteiger charge is -2.36. The molecule has 2 heterocycles. The summed E-state index contributed by atoms with van der Waals surface area (Å²) in [6.07, 6.45) is 1.29. The van der Waals surface area contributed by atoms with Crippen LogP contribution in [-0.4, -0.2) is 55.1 Å². The van der Waals surface area contributed by atoms with Crippen LogP contribution in [0, 0.1) is 0 Å². The highest BCUT2D eigenvalue weighted by Gasteiger charge is 2.22. The molecule has 2 saturated heterocycles. The van der Waals surface area contributed by atoms with Gasteiger partial charge in [0, 0.05) is 36.9 Å². The van der Waals surface area contributed by atoms with Crippen molar-refractivity contribution in [3.63, 3.8) is 0 Å². The molecule has 0 aromatic heterocycles. The van der Waals surface area contributed by atoms with Crippen molar-refractivity contribution in [2.45, 2.75) is 11.0 Å². The van der Waals surface area contributed by atoms with Gasteiger partial charge in [-0.2, -0.15) is 0 Å². The predicted molar refractivity (Wildman–Crippen MR) is 124 cm³/mol. The van der Waals surface area contributed by atoms with Crippen LogP contribution in [0.4, 0.5) is 5.69 Å². The van der Waals surface area contributed by atoms with E-state index in [1.54, 1.807) is 0 Å². The Morgan fingerprint density at radius 2 is 1.76 bits per heavy atom. The van der Waals surface area contributed by atoms with Crippen LogP contribution in [0.15, 0.2) is 48.5 Å². The lowest BCUT2D eigenvalue weighted by Crippen LogP contribution is -2.50. The second kappa shape index (κ2) is 10.0. The number of piperazine rings is 1. The van der Waals surface area contributed by atoms with E-state index in [0.717, 1.165) is 29.5 Å². The van der Waals surface area contributed by atoms with Gasteiger partial charge in [-0.3, -0.25) is 4.79 Å². The molecule has 0 N–H and O–H groups in total. The van der Waals surface area contributed by atoms with Gasteiger partial charge in [-0.15, -0.1) is 23.5 Å². The number of amides is 1. The molecule has 0 aliphatic carbocycles. The van der Waals surface area contributed by atoms with Crippen molar-refractivity contribution in [3.05, 3.63) is 59.1 Å². The van der Waals surface area contributed by atoms with Crippen LogP contribution >= 0.6 is 35.1 Å². The van der Waals surface area contributed by atoms with E-state index < -0.39 is 0 Å². The maximum Gasteiger partial charge on any atom is 0.260 e. The molecule has 4 nitrogen and oxygen atoms in total. The van der Waals surface area contributed by atoms with Crippen molar-refractivity contribution in [1.29, 1.82) is 0 Å². The molecule has 0 radical (unpaired) electrons. The molecule has 0 unspecified atom stereocenters. The molecule has 0 bridgehead atoms. The highest BCUT2D eigenvalue weighted by atomic mass is 35.5. The van der Waals surface area contributed by atoms with Gasteiger partial charge < -0.3 is 14.5 Å². The van der Waals surface area contributed by atoms with Crippen LogP contribution in [0.25, 0.3) is 0 Å². The molecule has 0 atom stereocenters. The van der Waals surface area contributed by atoms with Gasteiger partial charge in [0.05, 0.1) is 4.58 Å². The topological polar surface area (TPSA) is 32.8 Å². The van der Waals surface area contributed by atoms with E-state index in [9.17, 15) is 4.79 Å². The van der Waals surface area contributed by atoms with E-state index in [4.69, 9.17) is 16.3 Å². The molecule has 2 aromatic rings. The number of anilines is 1. The summed E-state index contributed by atoms with van der Waals surface area (Å²) < 4.78 is 6.28. The number of rotatable bonds is 5. The van der Waals surface area contributed by atoms with Crippen molar-refractivity contribution in [2.24, 2.45) is 0 Å². The van der Waals surface area contributed by atoms with Gasteiger partial charge in [-0.05, 0) is 53.8 Å². The zero-order chi connectivity index (χ0) is 20.1. The number of thioether (sulfide) groups is 2. The zero-order valence-electron chi connectivity index (χ0n) is 16.3. The first-order chi connectivity index (χ1) is 14.2. The minimum atomic E-state index is 0.0400. The van der Waals surface area contributed by atoms with Crippen molar-refractivity contribution in [2.75, 3.05) is 49.2 Å². The molecule has 2 aliphatic rings. The number of carbonyl (C=O) groups excluding carboxylic acids is 1. The summed E-state index contributed by atoms with van der Waals surface area (Å²) in [6.45, 7) is 3.09. The first kappa shape index (κ1) is 20.8. The minimum Gasteiger partial charge on any atom is -0.484 e. The highest BCUT2D eigenvalue weighted by molar-refractivity contribution is 8.16. The van der Waals surface area contributed by atoms with Crippen molar-refractivity contribution in [3.8, 4) is 5.75 Å². The Morgan fingerprint density at radius 3 is 2.45 bits per heavy atom. The van der Waals surface area contributed by atoms with Crippen LogP contribution in [0.1, 0.15) is 16.6 Å². The molecule has 7 heteroatoms. The molecule has 0 saturated carbocycles. The van der Waals surface area contributed by atoms with Crippen molar-refractivity contribution >= 4 is 46.7 Å². The van der Waals surface area contributed by atoms with E-state index in [0.29, 0.717) is 17.7 Å². The Balaban J connectivity index is 1.24. The molecule has 1 amide bonds. The Morgan fingerprint density at radius 1 is 1.03 bits per heavy atom. The van der Waals surface area contributed by atoms with Crippen LogP contribution in [0.5, 0.6) is 5.75 Å². The van der Waals surface area contributed by atoms with Gasteiger partial charge in [0.15, 0.2) is 6.61 Å². The monoisotopic (exact) mass is 448 g/mol. The lowest BCUT2D eigenvalue weighted by molar-refractivity contribution is -0.133. The van der Waals surface area contributed by atoms with Gasteiger partial charge in [-0.25, -0.2) is 0 Å². The third-order valence-electron chi connectivity index (χ3n) is 5.15. The Bertz CT molecular complexity index is 820. The van der Waals surface area contributed by atoms with E-state index in [2.05, 4.69) is 23.1 Å². The van der Waals surface area contributed by atoms with Crippen molar-refractivity contribution < 1.29 is 9.53 Å². The number of hydrogen-bond acceptors (Lipinski definition) is 5. The molecular weight excluding hydrogens is 424 g/mol. The molecular formula is C22H25ClN2O2S2. The first-order valence-corrected chi connectivity index (χ1v) is 12.4. The van der Waals surface area contributed by atoms with Gasteiger partial charge in [0.2, 0.25) is 0 Å². The van der Waals surface area contributed by atoms with Gasteiger partial charge in [0.25, 0.3) is 5.91 Å². The molecule has 4 rings (SSSR count). The summed E-state index contributed by atoms with van der Waals surface area (Å²) >= 11 is 10.1. The molecule has 29 heavy (non-hydrogen) atoms. The van der Waals surface area contributed by atoms with Gasteiger partial charge >= 0.3 is 0 Å². The maximum absolute atomic E-state index is 12.5. The second-order valence-electron chi connectivity index (χ2n) is 7.13. The summed E-state index contributed by atoms with van der Waals surface area (Å²) in [5.74, 6) is 3.26. The van der Waals surface area contributed by atoms with Gasteiger partial charge in [-0.1, -0.05) is 29.8 Å². The van der Waals surface area contributed by atoms with E-state index in [1.807, 2.05) is 58.8 Å². The SMILES string of the molecule is O=C(COc1ccc(C2SCCCS2)cc1)N1CCN(c2cccc(Cl)c2)CC1. The van der Waals surface area contributed by atoms with E-state index in [-0.39, 0.29) is 12.5 Å². The lowest BCUT2D eigenvalue weighted by atomic mass is 10.2. The van der Waals surface area contributed by atoms with E-state index in [1.165, 1.54) is 23.5 Å². The van der Waals surface area contributed by atoms with Crippen LogP contribution in [-0.2, 0) is 4.79 Å². The van der Waals surface area contributed by atoms with Crippen molar-refractivity contribution in [1.82, 2.24) is 4.90 Å². The summed E-state index contributed by atoms with van der Waals surface area (Å²) in [7, 11) is 0. The molecule has 154 valence electrons.